The number of nitrogens with zero attached hydrogens (tertiary/aromatic N) is 6. The number of aromatic nitrogens is 5. The summed E-state index contributed by atoms with van der Waals surface area (Å²) in [4.78, 5) is 18.7. The molecule has 0 spiro atoms. The van der Waals surface area contributed by atoms with Crippen molar-refractivity contribution >= 4 is 17.4 Å². The molecule has 3 aromatic rings. The van der Waals surface area contributed by atoms with Crippen LogP contribution in [-0.2, 0) is 4.79 Å². The SMILES string of the molecule is Cc1ccc(NC(=O)C2CCCN(c3ccc(-n4cncn4)nn3)C2)cc1. The van der Waals surface area contributed by atoms with Gasteiger partial charge < -0.3 is 10.2 Å². The number of nitrogens with one attached hydrogen (secondary N) is 1. The summed E-state index contributed by atoms with van der Waals surface area (Å²) in [5, 5.41) is 15.6. The Bertz CT molecular complexity index is 891. The Morgan fingerprint density at radius 3 is 2.59 bits per heavy atom. The number of piperidine rings is 1. The van der Waals surface area contributed by atoms with Crippen LogP contribution >= 0.6 is 0 Å². The fraction of sp³-hybridized carbons (Fsp3) is 0.316. The quantitative estimate of drug-likeness (QED) is 0.765. The standard InChI is InChI=1S/C19H21N7O/c1-14-4-6-16(7-5-14)22-19(27)15-3-2-10-25(11-15)17-8-9-18(24-23-17)26-13-20-12-21-26/h4-9,12-13,15H,2-3,10-11H2,1H3,(H,22,27). The van der Waals surface area contributed by atoms with Gasteiger partial charge in [-0.05, 0) is 44.0 Å². The van der Waals surface area contributed by atoms with Crippen LogP contribution in [0.15, 0.2) is 49.1 Å². The van der Waals surface area contributed by atoms with Crippen molar-refractivity contribution in [3.8, 4) is 5.82 Å². The third-order valence-corrected chi connectivity index (χ3v) is 4.73. The van der Waals surface area contributed by atoms with Gasteiger partial charge in [0.2, 0.25) is 5.91 Å². The third kappa shape index (κ3) is 3.94. The number of aryl methyl sites for hydroxylation is 1. The molecule has 1 saturated heterocycles. The maximum atomic E-state index is 12.6. The number of hydrogen-bond acceptors (Lipinski definition) is 6. The maximum Gasteiger partial charge on any atom is 0.229 e. The molecule has 2 aromatic heterocycles. The lowest BCUT2D eigenvalue weighted by Gasteiger charge is -2.32. The highest BCUT2D eigenvalue weighted by Crippen LogP contribution is 2.23. The molecule has 1 aliphatic heterocycles. The van der Waals surface area contributed by atoms with E-state index in [-0.39, 0.29) is 11.8 Å². The van der Waals surface area contributed by atoms with E-state index in [0.717, 1.165) is 30.9 Å². The molecule has 0 bridgehead atoms. The molecular weight excluding hydrogens is 342 g/mol. The van der Waals surface area contributed by atoms with Gasteiger partial charge in [0, 0.05) is 18.8 Å². The van der Waals surface area contributed by atoms with E-state index in [1.54, 1.807) is 11.0 Å². The number of hydrogen-bond donors (Lipinski definition) is 1. The lowest BCUT2D eigenvalue weighted by molar-refractivity contribution is -0.120. The summed E-state index contributed by atoms with van der Waals surface area (Å²) in [5.74, 6) is 1.36. The van der Waals surface area contributed by atoms with Gasteiger partial charge >= 0.3 is 0 Å². The average molecular weight is 363 g/mol. The van der Waals surface area contributed by atoms with Crippen LogP contribution in [0.4, 0.5) is 11.5 Å². The molecule has 1 aliphatic rings. The van der Waals surface area contributed by atoms with E-state index >= 15 is 0 Å². The monoisotopic (exact) mass is 363 g/mol. The second-order valence-electron chi connectivity index (χ2n) is 6.73. The summed E-state index contributed by atoms with van der Waals surface area (Å²) in [6, 6.07) is 11.6. The summed E-state index contributed by atoms with van der Waals surface area (Å²) >= 11 is 0. The number of amides is 1. The van der Waals surface area contributed by atoms with E-state index in [1.165, 1.54) is 11.9 Å². The predicted molar refractivity (Wildman–Crippen MR) is 102 cm³/mol. The van der Waals surface area contributed by atoms with Crippen LogP contribution in [0.1, 0.15) is 18.4 Å². The summed E-state index contributed by atoms with van der Waals surface area (Å²) in [6.45, 7) is 3.53. The molecule has 1 atom stereocenters. The first-order valence-corrected chi connectivity index (χ1v) is 9.00. The summed E-state index contributed by atoms with van der Waals surface area (Å²) < 4.78 is 1.56. The summed E-state index contributed by atoms with van der Waals surface area (Å²) in [6.07, 6.45) is 4.85. The Morgan fingerprint density at radius 1 is 1.11 bits per heavy atom. The fourth-order valence-corrected chi connectivity index (χ4v) is 3.22. The van der Waals surface area contributed by atoms with Crippen molar-refractivity contribution < 1.29 is 4.79 Å². The van der Waals surface area contributed by atoms with E-state index in [2.05, 4.69) is 30.5 Å². The van der Waals surface area contributed by atoms with Crippen molar-refractivity contribution in [2.24, 2.45) is 5.92 Å². The fourth-order valence-electron chi connectivity index (χ4n) is 3.22. The zero-order valence-electron chi connectivity index (χ0n) is 15.1. The molecule has 3 heterocycles. The van der Waals surface area contributed by atoms with Gasteiger partial charge in [-0.2, -0.15) is 5.10 Å². The summed E-state index contributed by atoms with van der Waals surface area (Å²) in [7, 11) is 0. The lowest BCUT2D eigenvalue weighted by Crippen LogP contribution is -2.41. The highest BCUT2D eigenvalue weighted by Gasteiger charge is 2.26. The van der Waals surface area contributed by atoms with Gasteiger partial charge in [-0.25, -0.2) is 9.67 Å². The maximum absolute atomic E-state index is 12.6. The lowest BCUT2D eigenvalue weighted by atomic mass is 9.97. The Balaban J connectivity index is 1.41. The van der Waals surface area contributed by atoms with Crippen molar-refractivity contribution in [2.75, 3.05) is 23.3 Å². The van der Waals surface area contributed by atoms with Crippen LogP contribution in [0.25, 0.3) is 5.82 Å². The molecule has 4 rings (SSSR count). The topological polar surface area (TPSA) is 88.8 Å². The third-order valence-electron chi connectivity index (χ3n) is 4.73. The van der Waals surface area contributed by atoms with Crippen molar-refractivity contribution in [3.05, 3.63) is 54.6 Å². The van der Waals surface area contributed by atoms with Crippen molar-refractivity contribution in [1.29, 1.82) is 0 Å². The molecule has 1 aromatic carbocycles. The molecule has 0 saturated carbocycles. The van der Waals surface area contributed by atoms with Crippen molar-refractivity contribution in [2.45, 2.75) is 19.8 Å². The second kappa shape index (κ2) is 7.53. The Labute approximate surface area is 157 Å². The molecule has 1 unspecified atom stereocenters. The molecule has 1 amide bonds. The molecule has 8 heteroatoms. The van der Waals surface area contributed by atoms with E-state index in [1.807, 2.05) is 43.3 Å². The van der Waals surface area contributed by atoms with Gasteiger partial charge in [-0.3, -0.25) is 4.79 Å². The highest BCUT2D eigenvalue weighted by molar-refractivity contribution is 5.93. The van der Waals surface area contributed by atoms with Crippen molar-refractivity contribution in [3.63, 3.8) is 0 Å². The Morgan fingerprint density at radius 2 is 1.89 bits per heavy atom. The van der Waals surface area contributed by atoms with Crippen molar-refractivity contribution in [1.82, 2.24) is 25.0 Å². The normalized spacial score (nSPS) is 16.9. The molecule has 138 valence electrons. The van der Waals surface area contributed by atoms with Crippen LogP contribution in [0.2, 0.25) is 0 Å². The van der Waals surface area contributed by atoms with Gasteiger partial charge in [-0.1, -0.05) is 17.7 Å². The minimum absolute atomic E-state index is 0.0516. The molecule has 1 fully saturated rings. The number of benzene rings is 1. The van der Waals surface area contributed by atoms with E-state index in [4.69, 9.17) is 0 Å². The molecule has 0 aliphatic carbocycles. The van der Waals surface area contributed by atoms with Crippen LogP contribution in [0.3, 0.4) is 0 Å². The van der Waals surface area contributed by atoms with Crippen LogP contribution in [0.5, 0.6) is 0 Å². The zero-order chi connectivity index (χ0) is 18.6. The van der Waals surface area contributed by atoms with Gasteiger partial charge in [0.15, 0.2) is 11.6 Å². The first kappa shape index (κ1) is 17.1. The predicted octanol–water partition coefficient (Wildman–Crippen LogP) is 2.22. The zero-order valence-corrected chi connectivity index (χ0v) is 15.1. The van der Waals surface area contributed by atoms with Gasteiger partial charge in [0.05, 0.1) is 5.92 Å². The molecule has 0 radical (unpaired) electrons. The number of rotatable bonds is 4. The smallest absolute Gasteiger partial charge is 0.229 e. The first-order valence-electron chi connectivity index (χ1n) is 9.00. The average Bonchev–Trinajstić information content (AvgIpc) is 3.25. The van der Waals surface area contributed by atoms with Crippen LogP contribution in [-0.4, -0.2) is 44.0 Å². The molecule has 8 nitrogen and oxygen atoms in total. The van der Waals surface area contributed by atoms with E-state index in [0.29, 0.717) is 12.4 Å². The van der Waals surface area contributed by atoms with Gasteiger partial charge in [0.25, 0.3) is 0 Å². The molecule has 1 N–H and O–H groups in total. The molecular formula is C19H21N7O. The van der Waals surface area contributed by atoms with Gasteiger partial charge in [0.1, 0.15) is 12.7 Å². The number of anilines is 2. The number of carbonyl (C=O) groups excluding carboxylic acids is 1. The largest absolute Gasteiger partial charge is 0.354 e. The van der Waals surface area contributed by atoms with E-state index in [9.17, 15) is 4.79 Å². The Kier molecular flexibility index (Phi) is 4.78. The van der Waals surface area contributed by atoms with Crippen LogP contribution < -0.4 is 10.2 Å². The van der Waals surface area contributed by atoms with Crippen LogP contribution in [0, 0.1) is 12.8 Å². The highest BCUT2D eigenvalue weighted by atomic mass is 16.1. The number of carbonyl (C=O) groups is 1. The Hall–Kier alpha value is -3.29. The molecule has 27 heavy (non-hydrogen) atoms. The van der Waals surface area contributed by atoms with E-state index < -0.39 is 0 Å². The summed E-state index contributed by atoms with van der Waals surface area (Å²) in [5.41, 5.74) is 2.00. The minimum Gasteiger partial charge on any atom is -0.354 e. The second-order valence-corrected chi connectivity index (χ2v) is 6.73. The minimum atomic E-state index is -0.0724. The van der Waals surface area contributed by atoms with Gasteiger partial charge in [-0.15, -0.1) is 10.2 Å². The first-order chi connectivity index (χ1) is 13.2.